The fraction of sp³-hybridized carbons (Fsp3) is 1.00. The highest BCUT2D eigenvalue weighted by Crippen LogP contribution is 1.93. The van der Waals surface area contributed by atoms with Gasteiger partial charge in [-0.2, -0.15) is 0 Å². The fourth-order valence-electron chi connectivity index (χ4n) is 1.05. The van der Waals surface area contributed by atoms with Gasteiger partial charge in [0.25, 0.3) is 0 Å². The molecule has 0 heterocycles. The Morgan fingerprint density at radius 1 is 0.824 bits per heavy atom. The normalized spacial score (nSPS) is 12.8. The maximum absolute atomic E-state index is 11.4. The zero-order valence-corrected chi connectivity index (χ0v) is 12.0. The molecule has 0 saturated carbocycles. The number of unbranched alkanes of at least 4 members (excludes halogenated alkanes) is 1. The molecule has 0 saturated heterocycles. The first-order chi connectivity index (χ1) is 7.83. The molecule has 0 aromatic rings. The molecular weight excluding hydrogens is 264 g/mol. The van der Waals surface area contributed by atoms with E-state index >= 15 is 0 Å². The van der Waals surface area contributed by atoms with E-state index in [-0.39, 0.29) is 24.6 Å². The predicted octanol–water partition coefficient (Wildman–Crippen LogP) is 0.0353. The minimum atomic E-state index is -3.19. The molecule has 0 aliphatic heterocycles. The van der Waals surface area contributed by atoms with Crippen LogP contribution in [0, 0.1) is 0 Å². The van der Waals surface area contributed by atoms with Gasteiger partial charge in [0, 0.05) is 13.1 Å². The zero-order valence-electron chi connectivity index (χ0n) is 10.4. The molecule has 104 valence electrons. The molecule has 0 aliphatic rings. The van der Waals surface area contributed by atoms with E-state index in [9.17, 15) is 16.8 Å². The van der Waals surface area contributed by atoms with Crippen LogP contribution in [0.15, 0.2) is 0 Å². The van der Waals surface area contributed by atoms with Gasteiger partial charge in [0.05, 0.1) is 11.5 Å². The Morgan fingerprint density at radius 3 is 1.82 bits per heavy atom. The second-order valence-electron chi connectivity index (χ2n) is 3.72. The number of sulfonamides is 2. The van der Waals surface area contributed by atoms with Crippen LogP contribution < -0.4 is 9.44 Å². The average Bonchev–Trinajstić information content (AvgIpc) is 2.26. The van der Waals surface area contributed by atoms with Crippen LogP contribution in [-0.4, -0.2) is 41.4 Å². The first kappa shape index (κ1) is 16.8. The molecule has 0 fully saturated rings. The van der Waals surface area contributed by atoms with E-state index < -0.39 is 20.0 Å². The van der Waals surface area contributed by atoms with Gasteiger partial charge >= 0.3 is 0 Å². The highest BCUT2D eigenvalue weighted by Gasteiger charge is 2.09. The molecule has 6 nitrogen and oxygen atoms in total. The predicted molar refractivity (Wildman–Crippen MR) is 68.8 cm³/mol. The molecule has 0 rings (SSSR count). The van der Waals surface area contributed by atoms with Crippen LogP contribution in [0.2, 0.25) is 0 Å². The number of hydrogen-bond acceptors (Lipinski definition) is 4. The monoisotopic (exact) mass is 286 g/mol. The molecule has 8 heteroatoms. The molecular formula is C9H22N2O4S2. The minimum absolute atomic E-state index is 0.0369. The van der Waals surface area contributed by atoms with Crippen LogP contribution in [0.5, 0.6) is 0 Å². The van der Waals surface area contributed by atoms with Crippen LogP contribution >= 0.6 is 0 Å². The van der Waals surface area contributed by atoms with Crippen LogP contribution in [0.4, 0.5) is 0 Å². The third-order valence-electron chi connectivity index (χ3n) is 2.14. The Labute approximate surface area is 104 Å². The smallest absolute Gasteiger partial charge is 0.211 e. The van der Waals surface area contributed by atoms with Crippen molar-refractivity contribution in [2.45, 2.75) is 33.1 Å². The highest BCUT2D eigenvalue weighted by atomic mass is 32.2. The topological polar surface area (TPSA) is 92.3 Å². The lowest BCUT2D eigenvalue weighted by Crippen LogP contribution is -2.31. The first-order valence-corrected chi connectivity index (χ1v) is 9.08. The van der Waals surface area contributed by atoms with Gasteiger partial charge in [0.1, 0.15) is 0 Å². The van der Waals surface area contributed by atoms with E-state index in [2.05, 4.69) is 9.44 Å². The third kappa shape index (κ3) is 9.51. The summed E-state index contributed by atoms with van der Waals surface area (Å²) in [6.45, 7) is 4.00. The van der Waals surface area contributed by atoms with E-state index in [0.717, 1.165) is 6.42 Å². The molecule has 17 heavy (non-hydrogen) atoms. The van der Waals surface area contributed by atoms with Crippen molar-refractivity contribution in [1.82, 2.24) is 9.44 Å². The SMILES string of the molecule is CCCCS(=O)(=O)NCCCNS(=O)(=O)CC. The minimum Gasteiger partial charge on any atom is -0.215 e. The number of rotatable bonds is 10. The van der Waals surface area contributed by atoms with Crippen molar-refractivity contribution >= 4 is 20.0 Å². The summed E-state index contributed by atoms with van der Waals surface area (Å²) < 4.78 is 49.6. The Kier molecular flexibility index (Phi) is 7.93. The summed E-state index contributed by atoms with van der Waals surface area (Å²) in [5, 5.41) is 0. The largest absolute Gasteiger partial charge is 0.215 e. The van der Waals surface area contributed by atoms with E-state index in [1.807, 2.05) is 6.92 Å². The van der Waals surface area contributed by atoms with Gasteiger partial charge in [0.15, 0.2) is 0 Å². The average molecular weight is 286 g/mol. The maximum atomic E-state index is 11.4. The maximum Gasteiger partial charge on any atom is 0.211 e. The van der Waals surface area contributed by atoms with E-state index in [1.54, 1.807) is 6.92 Å². The Balaban J connectivity index is 3.72. The van der Waals surface area contributed by atoms with Gasteiger partial charge in [-0.3, -0.25) is 0 Å². The van der Waals surface area contributed by atoms with Crippen molar-refractivity contribution in [1.29, 1.82) is 0 Å². The second kappa shape index (κ2) is 8.02. The molecule has 0 unspecified atom stereocenters. The summed E-state index contributed by atoms with van der Waals surface area (Å²) in [6.07, 6.45) is 1.92. The second-order valence-corrected chi connectivity index (χ2v) is 7.74. The fourth-order valence-corrected chi connectivity index (χ4v) is 2.98. The molecule has 2 N–H and O–H groups in total. The molecule has 0 aromatic carbocycles. The van der Waals surface area contributed by atoms with Gasteiger partial charge in [-0.15, -0.1) is 0 Å². The van der Waals surface area contributed by atoms with Crippen LogP contribution in [0.25, 0.3) is 0 Å². The Morgan fingerprint density at radius 2 is 1.35 bits per heavy atom. The van der Waals surface area contributed by atoms with Crippen LogP contribution in [-0.2, 0) is 20.0 Å². The first-order valence-electron chi connectivity index (χ1n) is 5.77. The molecule has 0 aromatic heterocycles. The number of hydrogen-bond donors (Lipinski definition) is 2. The van der Waals surface area contributed by atoms with Gasteiger partial charge in [-0.05, 0) is 19.8 Å². The van der Waals surface area contributed by atoms with Gasteiger partial charge in [-0.25, -0.2) is 26.3 Å². The summed E-state index contributed by atoms with van der Waals surface area (Å²) in [7, 11) is -6.37. The van der Waals surface area contributed by atoms with Crippen molar-refractivity contribution in [2.24, 2.45) is 0 Å². The standard InChI is InChI=1S/C9H22N2O4S2/c1-3-5-9-17(14,15)11-8-6-7-10-16(12,13)4-2/h10-11H,3-9H2,1-2H3. The zero-order chi connectivity index (χ0) is 13.4. The van der Waals surface area contributed by atoms with Crippen molar-refractivity contribution in [2.75, 3.05) is 24.6 Å². The van der Waals surface area contributed by atoms with E-state index in [1.165, 1.54) is 0 Å². The molecule has 0 radical (unpaired) electrons. The Hall–Kier alpha value is -0.180. The Bertz CT molecular complexity index is 389. The van der Waals surface area contributed by atoms with Crippen molar-refractivity contribution in [3.63, 3.8) is 0 Å². The van der Waals surface area contributed by atoms with E-state index in [4.69, 9.17) is 0 Å². The summed E-state index contributed by atoms with van der Waals surface area (Å²) >= 11 is 0. The number of nitrogens with one attached hydrogen (secondary N) is 2. The van der Waals surface area contributed by atoms with Gasteiger partial charge in [0.2, 0.25) is 20.0 Å². The summed E-state index contributed by atoms with van der Waals surface area (Å²) in [6, 6.07) is 0. The molecule has 0 aliphatic carbocycles. The molecule has 0 atom stereocenters. The lowest BCUT2D eigenvalue weighted by atomic mass is 10.4. The third-order valence-corrected chi connectivity index (χ3v) is 5.02. The van der Waals surface area contributed by atoms with Crippen LogP contribution in [0.1, 0.15) is 33.1 Å². The van der Waals surface area contributed by atoms with E-state index in [0.29, 0.717) is 12.8 Å². The van der Waals surface area contributed by atoms with Crippen molar-refractivity contribution in [3.8, 4) is 0 Å². The van der Waals surface area contributed by atoms with Gasteiger partial charge in [-0.1, -0.05) is 13.3 Å². The summed E-state index contributed by atoms with van der Waals surface area (Å²) in [4.78, 5) is 0. The lowest BCUT2D eigenvalue weighted by molar-refractivity contribution is 0.571. The highest BCUT2D eigenvalue weighted by molar-refractivity contribution is 7.89. The van der Waals surface area contributed by atoms with Gasteiger partial charge < -0.3 is 0 Å². The van der Waals surface area contributed by atoms with Crippen molar-refractivity contribution in [3.05, 3.63) is 0 Å². The molecule has 0 spiro atoms. The molecule has 0 amide bonds. The quantitative estimate of drug-likeness (QED) is 0.554. The molecule has 0 bridgehead atoms. The van der Waals surface area contributed by atoms with Crippen LogP contribution in [0.3, 0.4) is 0 Å². The summed E-state index contributed by atoms with van der Waals surface area (Å²) in [5.41, 5.74) is 0. The summed E-state index contributed by atoms with van der Waals surface area (Å²) in [5.74, 6) is 0.166. The lowest BCUT2D eigenvalue weighted by Gasteiger charge is -2.06. The van der Waals surface area contributed by atoms with Crippen molar-refractivity contribution < 1.29 is 16.8 Å².